The van der Waals surface area contributed by atoms with E-state index in [1.54, 1.807) is 0 Å². The fourth-order valence-electron chi connectivity index (χ4n) is 1.98. The molecular weight excluding hydrogens is 215 g/mol. The van der Waals surface area contributed by atoms with Crippen molar-refractivity contribution in [3.63, 3.8) is 0 Å². The van der Waals surface area contributed by atoms with Gasteiger partial charge in [0.25, 0.3) is 0 Å². The van der Waals surface area contributed by atoms with Crippen LogP contribution in [0.25, 0.3) is 0 Å². The van der Waals surface area contributed by atoms with Gasteiger partial charge in [-0.15, -0.1) is 0 Å². The van der Waals surface area contributed by atoms with E-state index in [9.17, 15) is 5.11 Å². The van der Waals surface area contributed by atoms with Crippen LogP contribution in [0.3, 0.4) is 0 Å². The van der Waals surface area contributed by atoms with Gasteiger partial charge < -0.3 is 0 Å². The van der Waals surface area contributed by atoms with Crippen molar-refractivity contribution in [3.8, 4) is 5.75 Å². The van der Waals surface area contributed by atoms with Crippen LogP contribution in [-0.4, -0.2) is 19.6 Å². The first-order chi connectivity index (χ1) is 5.88. The Morgan fingerprint density at radius 2 is 2.00 bits per heavy atom. The van der Waals surface area contributed by atoms with Gasteiger partial charge >= 0.3 is 78.8 Å². The Bertz CT molecular complexity index is 248. The summed E-state index contributed by atoms with van der Waals surface area (Å²) in [4.78, 5) is 2.13. The summed E-state index contributed by atoms with van der Waals surface area (Å²) in [5.41, 5.74) is 0. The van der Waals surface area contributed by atoms with E-state index in [1.165, 1.54) is 36.5 Å². The van der Waals surface area contributed by atoms with E-state index in [4.69, 9.17) is 0 Å². The summed E-state index contributed by atoms with van der Waals surface area (Å²) in [5.74, 6) is 1.30. The monoisotopic (exact) mass is 230 g/mol. The van der Waals surface area contributed by atoms with Crippen molar-refractivity contribution in [2.75, 3.05) is 0 Å². The molecule has 1 aliphatic rings. The molecule has 1 aromatic rings. The van der Waals surface area contributed by atoms with Gasteiger partial charge in [-0.1, -0.05) is 0 Å². The van der Waals surface area contributed by atoms with Crippen LogP contribution >= 0.6 is 0 Å². The molecule has 0 unspecified atom stereocenters. The molecule has 0 atom stereocenters. The van der Waals surface area contributed by atoms with Crippen molar-refractivity contribution < 1.29 is 5.11 Å². The van der Waals surface area contributed by atoms with Crippen LogP contribution in [0, 0.1) is 0 Å². The van der Waals surface area contributed by atoms with Gasteiger partial charge in [0, 0.05) is 0 Å². The Balaban J connectivity index is 2.13. The van der Waals surface area contributed by atoms with E-state index >= 15 is 0 Å². The fourth-order valence-corrected chi connectivity index (χ4v) is 4.00. The molecule has 0 aromatic carbocycles. The second-order valence-electron chi connectivity index (χ2n) is 3.51. The first kappa shape index (κ1) is 8.40. The third kappa shape index (κ3) is 1.60. The van der Waals surface area contributed by atoms with Gasteiger partial charge in [-0.3, -0.25) is 0 Å². The first-order valence-electron chi connectivity index (χ1n) is 4.64. The van der Waals surface area contributed by atoms with Crippen molar-refractivity contribution in [2.45, 2.75) is 38.0 Å². The number of hydrogen-bond donors (Lipinski definition) is 1. The molecule has 1 N–H and O–H groups in total. The van der Waals surface area contributed by atoms with E-state index in [-0.39, 0.29) is 0 Å². The molecule has 1 fully saturated rings. The van der Waals surface area contributed by atoms with Crippen LogP contribution < -0.4 is 0 Å². The van der Waals surface area contributed by atoms with Crippen molar-refractivity contribution in [1.29, 1.82) is 0 Å². The second-order valence-corrected chi connectivity index (χ2v) is 5.49. The molecule has 12 heavy (non-hydrogen) atoms. The maximum absolute atomic E-state index is 9.55. The Labute approximate surface area is 79.2 Å². The average Bonchev–Trinajstić information content (AvgIpc) is 2.53. The maximum atomic E-state index is 9.55. The van der Waals surface area contributed by atoms with E-state index in [1.807, 2.05) is 6.07 Å². The summed E-state index contributed by atoms with van der Waals surface area (Å²) in [6.45, 7) is 0. The van der Waals surface area contributed by atoms with Gasteiger partial charge in [0.2, 0.25) is 0 Å². The van der Waals surface area contributed by atoms with Crippen LogP contribution in [0.4, 0.5) is 0 Å². The summed E-state index contributed by atoms with van der Waals surface area (Å²) < 4.78 is 1.36. The zero-order valence-corrected chi connectivity index (χ0v) is 8.84. The summed E-state index contributed by atoms with van der Waals surface area (Å²) >= 11 is 0.464. The summed E-state index contributed by atoms with van der Waals surface area (Å²) in [6.07, 6.45) is 6.73. The Kier molecular flexibility index (Phi) is 2.57. The van der Waals surface area contributed by atoms with E-state index < -0.39 is 0 Å². The van der Waals surface area contributed by atoms with Gasteiger partial charge in [-0.05, 0) is 0 Å². The van der Waals surface area contributed by atoms with Crippen molar-refractivity contribution in [3.05, 3.63) is 15.4 Å². The Morgan fingerprint density at radius 1 is 1.25 bits per heavy atom. The fraction of sp³-hybridized carbons (Fsp3) is 0.600. The van der Waals surface area contributed by atoms with Crippen LogP contribution in [0.1, 0.15) is 42.5 Å². The molecule has 1 aromatic heterocycles. The Morgan fingerprint density at radius 3 is 2.58 bits per heavy atom. The number of hydrogen-bond acceptors (Lipinski definition) is 1. The summed E-state index contributed by atoms with van der Waals surface area (Å²) in [7, 11) is 0. The number of rotatable bonds is 1. The summed E-state index contributed by atoms with van der Waals surface area (Å²) in [5, 5.41) is 9.55. The minimum absolute atomic E-state index is 0.464. The van der Waals surface area contributed by atoms with Crippen molar-refractivity contribution >= 4 is 14.5 Å². The van der Waals surface area contributed by atoms with Crippen molar-refractivity contribution in [2.24, 2.45) is 0 Å². The van der Waals surface area contributed by atoms with Gasteiger partial charge in [-0.2, -0.15) is 0 Å². The molecular formula is C10H14OSe. The van der Waals surface area contributed by atoms with Crippen LogP contribution in [-0.2, 0) is 0 Å². The van der Waals surface area contributed by atoms with E-state index in [0.29, 0.717) is 26.2 Å². The molecule has 1 aliphatic carbocycles. The average molecular weight is 229 g/mol. The molecule has 66 valence electrons. The Hall–Kier alpha value is -0.201. The first-order valence-corrected chi connectivity index (χ1v) is 6.49. The predicted molar refractivity (Wildman–Crippen MR) is 50.9 cm³/mol. The van der Waals surface area contributed by atoms with Gasteiger partial charge in [0.05, 0.1) is 0 Å². The van der Waals surface area contributed by atoms with Crippen molar-refractivity contribution in [1.82, 2.24) is 0 Å². The van der Waals surface area contributed by atoms with Crippen LogP contribution in [0.5, 0.6) is 5.75 Å². The third-order valence-electron chi connectivity index (χ3n) is 2.65. The zero-order valence-electron chi connectivity index (χ0n) is 7.12. The normalized spacial score (nSPS) is 19.7. The SMILES string of the molecule is Oc1cc[se]c1C1CCCCC1. The van der Waals surface area contributed by atoms with E-state index in [2.05, 4.69) is 4.94 Å². The van der Waals surface area contributed by atoms with Gasteiger partial charge in [-0.25, -0.2) is 0 Å². The topological polar surface area (TPSA) is 20.2 Å². The quantitative estimate of drug-likeness (QED) is 0.733. The third-order valence-corrected chi connectivity index (χ3v) is 4.89. The molecule has 1 nitrogen and oxygen atoms in total. The molecule has 1 saturated carbocycles. The van der Waals surface area contributed by atoms with E-state index in [0.717, 1.165) is 0 Å². The second kappa shape index (κ2) is 3.67. The molecule has 1 heterocycles. The molecule has 2 heteroatoms. The molecule has 0 aliphatic heterocycles. The van der Waals surface area contributed by atoms with Gasteiger partial charge in [0.1, 0.15) is 0 Å². The van der Waals surface area contributed by atoms with Crippen LogP contribution in [0.2, 0.25) is 0 Å². The standard InChI is InChI=1S/C10H14OSe/c11-9-6-7-12-10(9)8-4-2-1-3-5-8/h6-8,11H,1-5H2. The molecule has 0 saturated heterocycles. The molecule has 0 radical (unpaired) electrons. The predicted octanol–water partition coefficient (Wildman–Crippen LogP) is 2.50. The molecule has 0 spiro atoms. The number of aromatic hydroxyl groups is 1. The molecule has 2 rings (SSSR count). The molecule has 0 bridgehead atoms. The summed E-state index contributed by atoms with van der Waals surface area (Å²) in [6, 6.07) is 1.88. The minimum atomic E-state index is 0.464. The molecule has 0 amide bonds. The van der Waals surface area contributed by atoms with Gasteiger partial charge in [0.15, 0.2) is 0 Å². The zero-order chi connectivity index (χ0) is 8.39. The van der Waals surface area contributed by atoms with Crippen LogP contribution in [0.15, 0.2) is 11.0 Å².